The molecule has 1 N–H and O–H groups in total. The summed E-state index contributed by atoms with van der Waals surface area (Å²) in [5.41, 5.74) is 0.264. The number of hydrogen-bond donors (Lipinski definition) is 1. The monoisotopic (exact) mass is 577 g/mol. The van der Waals surface area contributed by atoms with Gasteiger partial charge in [-0.2, -0.15) is 4.31 Å². The highest BCUT2D eigenvalue weighted by Crippen LogP contribution is 2.31. The van der Waals surface area contributed by atoms with Gasteiger partial charge in [0.2, 0.25) is 26.0 Å². The van der Waals surface area contributed by atoms with Crippen molar-refractivity contribution < 1.29 is 26.4 Å². The molecular weight excluding hydrogens is 549 g/mol. The molecule has 0 unspecified atom stereocenters. The van der Waals surface area contributed by atoms with Crippen molar-refractivity contribution in [2.75, 3.05) is 43.3 Å². The fraction of sp³-hybridized carbons (Fsp3) is 0.435. The summed E-state index contributed by atoms with van der Waals surface area (Å²) in [6, 6.07) is 10.8. The largest absolute Gasteiger partial charge is 0.492 e. The van der Waals surface area contributed by atoms with Crippen LogP contribution in [0, 0.1) is 0 Å². The van der Waals surface area contributed by atoms with Gasteiger partial charge in [-0.3, -0.25) is 9.10 Å². The van der Waals surface area contributed by atoms with Crippen molar-refractivity contribution in [3.8, 4) is 5.75 Å². The van der Waals surface area contributed by atoms with Gasteiger partial charge >= 0.3 is 0 Å². The zero-order chi connectivity index (χ0) is 26.3. The first kappa shape index (κ1) is 28.5. The van der Waals surface area contributed by atoms with Gasteiger partial charge < -0.3 is 10.1 Å². The van der Waals surface area contributed by atoms with Gasteiger partial charge in [0.1, 0.15) is 12.4 Å². The molecule has 36 heavy (non-hydrogen) atoms. The molecule has 3 rings (SSSR count). The Morgan fingerprint density at radius 3 is 2.36 bits per heavy atom. The molecule has 1 amide bonds. The van der Waals surface area contributed by atoms with E-state index in [1.54, 1.807) is 18.2 Å². The Hall–Kier alpha value is -2.05. The summed E-state index contributed by atoms with van der Waals surface area (Å²) in [6.45, 7) is 1.58. The van der Waals surface area contributed by atoms with Crippen LogP contribution in [0.2, 0.25) is 10.0 Å². The van der Waals surface area contributed by atoms with E-state index in [2.05, 4.69) is 5.32 Å². The Morgan fingerprint density at radius 1 is 1.06 bits per heavy atom. The molecule has 0 spiro atoms. The summed E-state index contributed by atoms with van der Waals surface area (Å²) in [6.07, 6.45) is 3.19. The van der Waals surface area contributed by atoms with Crippen LogP contribution >= 0.6 is 23.2 Å². The third-order valence-corrected chi connectivity index (χ3v) is 9.21. The molecule has 0 aliphatic carbocycles. The number of anilines is 1. The smallest absolute Gasteiger partial charge is 0.243 e. The molecule has 0 atom stereocenters. The SMILES string of the molecule is CS(=O)(=O)N(CCCC(=O)NCCOc1ccc(S(=O)(=O)N2CCCC2)cc1)c1cc(Cl)ccc1Cl. The Labute approximate surface area is 222 Å². The predicted molar refractivity (Wildman–Crippen MR) is 141 cm³/mol. The van der Waals surface area contributed by atoms with Crippen molar-refractivity contribution in [1.82, 2.24) is 9.62 Å². The molecule has 1 aliphatic heterocycles. The number of benzene rings is 2. The standard InChI is InChI=1S/C23H29Cl2N3O6S2/c1-35(30,31)28(22-17-18(24)6-11-21(22)25)15-4-5-23(29)26-12-16-34-19-7-9-20(10-8-19)36(32,33)27-13-2-3-14-27/h6-11,17H,2-5,12-16H2,1H3,(H,26,29). The van der Waals surface area contributed by atoms with E-state index in [1.807, 2.05) is 0 Å². The van der Waals surface area contributed by atoms with E-state index in [1.165, 1.54) is 28.6 Å². The van der Waals surface area contributed by atoms with Crippen LogP contribution < -0.4 is 14.4 Å². The van der Waals surface area contributed by atoms with Crippen LogP contribution in [-0.2, 0) is 24.8 Å². The zero-order valence-corrected chi connectivity index (χ0v) is 23.0. The third-order valence-electron chi connectivity index (χ3n) is 5.56. The number of sulfonamides is 2. The minimum atomic E-state index is -3.63. The summed E-state index contributed by atoms with van der Waals surface area (Å²) in [5.74, 6) is 0.239. The quantitative estimate of drug-likeness (QED) is 0.386. The fourth-order valence-electron chi connectivity index (χ4n) is 3.76. The first-order valence-corrected chi connectivity index (χ1v) is 15.5. The van der Waals surface area contributed by atoms with Crippen LogP contribution in [0.5, 0.6) is 5.75 Å². The number of rotatable bonds is 12. The number of hydrogen-bond acceptors (Lipinski definition) is 6. The van der Waals surface area contributed by atoms with Gasteiger partial charge in [0.15, 0.2) is 0 Å². The van der Waals surface area contributed by atoms with Crippen LogP contribution in [-0.4, -0.2) is 66.1 Å². The number of nitrogens with one attached hydrogen (secondary N) is 1. The van der Waals surface area contributed by atoms with Gasteiger partial charge in [0, 0.05) is 31.1 Å². The topological polar surface area (TPSA) is 113 Å². The van der Waals surface area contributed by atoms with Gasteiger partial charge in [-0.1, -0.05) is 23.2 Å². The third kappa shape index (κ3) is 7.72. The number of amides is 1. The van der Waals surface area contributed by atoms with Crippen molar-refractivity contribution in [2.45, 2.75) is 30.6 Å². The van der Waals surface area contributed by atoms with E-state index in [0.29, 0.717) is 23.9 Å². The Bertz CT molecular complexity index is 1270. The second kappa shape index (κ2) is 12.5. The molecule has 0 radical (unpaired) electrons. The van der Waals surface area contributed by atoms with Gasteiger partial charge in [0.05, 0.1) is 28.4 Å². The predicted octanol–water partition coefficient (Wildman–Crippen LogP) is 3.52. The maximum Gasteiger partial charge on any atom is 0.243 e. The van der Waals surface area contributed by atoms with E-state index < -0.39 is 20.0 Å². The highest BCUT2D eigenvalue weighted by molar-refractivity contribution is 7.92. The van der Waals surface area contributed by atoms with Crippen molar-refractivity contribution in [2.24, 2.45) is 0 Å². The summed E-state index contributed by atoms with van der Waals surface area (Å²) in [4.78, 5) is 12.4. The van der Waals surface area contributed by atoms with Crippen molar-refractivity contribution in [3.63, 3.8) is 0 Å². The van der Waals surface area contributed by atoms with Gasteiger partial charge in [-0.05, 0) is 61.7 Å². The molecule has 1 fully saturated rings. The van der Waals surface area contributed by atoms with Gasteiger partial charge in [-0.25, -0.2) is 16.8 Å². The van der Waals surface area contributed by atoms with Gasteiger partial charge in [0.25, 0.3) is 0 Å². The Balaban J connectivity index is 1.42. The highest BCUT2D eigenvalue weighted by Gasteiger charge is 2.27. The Kier molecular flexibility index (Phi) is 9.87. The number of carbonyl (C=O) groups excluding carboxylic acids is 1. The fourth-order valence-corrected chi connectivity index (χ4v) is 6.68. The lowest BCUT2D eigenvalue weighted by molar-refractivity contribution is -0.121. The lowest BCUT2D eigenvalue weighted by atomic mass is 10.2. The van der Waals surface area contributed by atoms with Crippen molar-refractivity contribution in [3.05, 3.63) is 52.5 Å². The molecule has 1 heterocycles. The molecule has 0 saturated carbocycles. The second-order valence-electron chi connectivity index (χ2n) is 8.32. The van der Waals surface area contributed by atoms with E-state index in [9.17, 15) is 21.6 Å². The van der Waals surface area contributed by atoms with E-state index in [-0.39, 0.29) is 54.1 Å². The summed E-state index contributed by atoms with van der Waals surface area (Å²) < 4.78 is 57.8. The van der Waals surface area contributed by atoms with E-state index in [4.69, 9.17) is 27.9 Å². The molecule has 0 bridgehead atoms. The van der Waals surface area contributed by atoms with Crippen LogP contribution in [0.15, 0.2) is 47.4 Å². The molecule has 1 aliphatic rings. The Morgan fingerprint density at radius 2 is 1.72 bits per heavy atom. The lowest BCUT2D eigenvalue weighted by Gasteiger charge is -2.23. The summed E-state index contributed by atoms with van der Waals surface area (Å²) in [5, 5.41) is 3.31. The van der Waals surface area contributed by atoms with Gasteiger partial charge in [-0.15, -0.1) is 0 Å². The molecule has 1 saturated heterocycles. The maximum atomic E-state index is 12.6. The van der Waals surface area contributed by atoms with E-state index >= 15 is 0 Å². The molecule has 13 heteroatoms. The molecule has 9 nitrogen and oxygen atoms in total. The van der Waals surface area contributed by atoms with Crippen LogP contribution in [0.3, 0.4) is 0 Å². The van der Waals surface area contributed by atoms with E-state index in [0.717, 1.165) is 23.4 Å². The summed E-state index contributed by atoms with van der Waals surface area (Å²) in [7, 11) is -7.10. The number of carbonyl (C=O) groups is 1. The molecule has 2 aromatic carbocycles. The normalized spacial score (nSPS) is 14.5. The van der Waals surface area contributed by atoms with Crippen LogP contribution in [0.4, 0.5) is 5.69 Å². The minimum absolute atomic E-state index is 0.0650. The minimum Gasteiger partial charge on any atom is -0.492 e. The van der Waals surface area contributed by atoms with Crippen molar-refractivity contribution >= 4 is 54.8 Å². The van der Waals surface area contributed by atoms with Crippen LogP contribution in [0.25, 0.3) is 0 Å². The van der Waals surface area contributed by atoms with Crippen molar-refractivity contribution in [1.29, 1.82) is 0 Å². The molecule has 0 aromatic heterocycles. The summed E-state index contributed by atoms with van der Waals surface area (Å²) >= 11 is 12.1. The zero-order valence-electron chi connectivity index (χ0n) is 19.8. The highest BCUT2D eigenvalue weighted by atomic mass is 35.5. The lowest BCUT2D eigenvalue weighted by Crippen LogP contribution is -2.33. The average molecular weight is 579 g/mol. The average Bonchev–Trinajstić information content (AvgIpc) is 3.37. The number of halogens is 2. The molecule has 198 valence electrons. The number of ether oxygens (including phenoxy) is 1. The number of nitrogens with zero attached hydrogens (tertiary/aromatic N) is 2. The van der Waals surface area contributed by atoms with Crippen LogP contribution in [0.1, 0.15) is 25.7 Å². The second-order valence-corrected chi connectivity index (χ2v) is 13.0. The maximum absolute atomic E-state index is 12.6. The molecular formula is C23H29Cl2N3O6S2. The first-order chi connectivity index (χ1) is 17.0. The molecule has 2 aromatic rings. The first-order valence-electron chi connectivity index (χ1n) is 11.4.